The Bertz CT molecular complexity index is 261. The molecule has 100 valence electrons. The number of rotatable bonds is 7. The van der Waals surface area contributed by atoms with Crippen molar-refractivity contribution in [3.05, 3.63) is 0 Å². The molecule has 0 aromatic heterocycles. The van der Waals surface area contributed by atoms with Gasteiger partial charge in [-0.25, -0.2) is 0 Å². The van der Waals surface area contributed by atoms with E-state index in [2.05, 4.69) is 12.2 Å². The van der Waals surface area contributed by atoms with E-state index in [4.69, 9.17) is 16.3 Å². The van der Waals surface area contributed by atoms with Crippen LogP contribution in [0.4, 0.5) is 0 Å². The average Bonchev–Trinajstić information content (AvgIpc) is 2.24. The van der Waals surface area contributed by atoms with Gasteiger partial charge in [0, 0.05) is 18.5 Å². The van der Waals surface area contributed by atoms with E-state index in [-0.39, 0.29) is 17.0 Å². The second-order valence-corrected chi connectivity index (χ2v) is 5.70. The maximum atomic E-state index is 12.0. The van der Waals surface area contributed by atoms with Crippen molar-refractivity contribution in [1.82, 2.24) is 5.32 Å². The summed E-state index contributed by atoms with van der Waals surface area (Å²) in [5, 5.41) is 3.10. The van der Waals surface area contributed by atoms with Gasteiger partial charge in [-0.1, -0.05) is 6.92 Å². The first-order valence-electron chi connectivity index (χ1n) is 6.41. The Hall–Kier alpha value is -0.280. The van der Waals surface area contributed by atoms with E-state index in [0.29, 0.717) is 12.3 Å². The number of ether oxygens (including phenoxy) is 1. The molecule has 1 atom stereocenters. The van der Waals surface area contributed by atoms with Gasteiger partial charge in [0.25, 0.3) is 0 Å². The Morgan fingerprint density at radius 2 is 2.18 bits per heavy atom. The molecule has 0 bridgehead atoms. The molecule has 0 aromatic rings. The molecule has 0 aliphatic heterocycles. The normalized spacial score (nSPS) is 21.4. The summed E-state index contributed by atoms with van der Waals surface area (Å²) in [7, 11) is 1.70. The van der Waals surface area contributed by atoms with Crippen molar-refractivity contribution < 1.29 is 9.53 Å². The minimum Gasteiger partial charge on any atom is -0.378 e. The number of carbonyl (C=O) groups excluding carboxylic acids is 1. The molecule has 4 heteroatoms. The lowest BCUT2D eigenvalue weighted by atomic mass is 9.77. The van der Waals surface area contributed by atoms with E-state index in [1.165, 1.54) is 0 Å². The first-order chi connectivity index (χ1) is 7.99. The third kappa shape index (κ3) is 3.85. The Labute approximate surface area is 109 Å². The lowest BCUT2D eigenvalue weighted by Gasteiger charge is -2.41. The molecule has 0 aromatic carbocycles. The molecule has 0 radical (unpaired) electrons. The predicted octanol–water partition coefficient (Wildman–Crippen LogP) is 2.86. The SMILES string of the molecule is CCC(C)(CCCl)NC(=O)CC1(OC)CCC1. The van der Waals surface area contributed by atoms with E-state index in [9.17, 15) is 4.79 Å². The fourth-order valence-corrected chi connectivity index (χ4v) is 2.65. The second kappa shape index (κ2) is 6.05. The summed E-state index contributed by atoms with van der Waals surface area (Å²) in [6, 6.07) is 0. The van der Waals surface area contributed by atoms with E-state index in [1.807, 2.05) is 6.92 Å². The number of hydrogen-bond donors (Lipinski definition) is 1. The zero-order valence-corrected chi connectivity index (χ0v) is 11.9. The molecule has 1 unspecified atom stereocenters. The van der Waals surface area contributed by atoms with Crippen LogP contribution in [-0.4, -0.2) is 30.0 Å². The van der Waals surface area contributed by atoms with Gasteiger partial charge in [-0.2, -0.15) is 0 Å². The van der Waals surface area contributed by atoms with Gasteiger partial charge < -0.3 is 10.1 Å². The summed E-state index contributed by atoms with van der Waals surface area (Å²) in [6.45, 7) is 4.12. The predicted molar refractivity (Wildman–Crippen MR) is 70.4 cm³/mol. The summed E-state index contributed by atoms with van der Waals surface area (Å²) >= 11 is 5.77. The minimum absolute atomic E-state index is 0.0843. The molecule has 1 aliphatic carbocycles. The van der Waals surface area contributed by atoms with Crippen LogP contribution in [0.5, 0.6) is 0 Å². The highest BCUT2D eigenvalue weighted by Gasteiger charge is 2.39. The molecule has 1 aliphatic rings. The van der Waals surface area contributed by atoms with E-state index >= 15 is 0 Å². The molecule has 0 saturated heterocycles. The largest absolute Gasteiger partial charge is 0.378 e. The fraction of sp³-hybridized carbons (Fsp3) is 0.923. The summed E-state index contributed by atoms with van der Waals surface area (Å²) in [5.74, 6) is 0.654. The van der Waals surface area contributed by atoms with Crippen molar-refractivity contribution in [1.29, 1.82) is 0 Å². The first-order valence-corrected chi connectivity index (χ1v) is 6.95. The molecule has 1 saturated carbocycles. The van der Waals surface area contributed by atoms with Crippen LogP contribution in [0.1, 0.15) is 52.4 Å². The molecular formula is C13H24ClNO2. The smallest absolute Gasteiger partial charge is 0.223 e. The van der Waals surface area contributed by atoms with Crippen molar-refractivity contribution in [3.8, 4) is 0 Å². The molecule has 17 heavy (non-hydrogen) atoms. The highest BCUT2D eigenvalue weighted by molar-refractivity contribution is 6.17. The number of alkyl halides is 1. The van der Waals surface area contributed by atoms with Gasteiger partial charge in [-0.3, -0.25) is 4.79 Å². The number of halogens is 1. The van der Waals surface area contributed by atoms with Gasteiger partial charge in [-0.15, -0.1) is 11.6 Å². The number of carbonyl (C=O) groups is 1. The summed E-state index contributed by atoms with van der Waals surface area (Å²) < 4.78 is 5.47. The molecule has 1 fully saturated rings. The van der Waals surface area contributed by atoms with Gasteiger partial charge in [-0.05, 0) is 39.0 Å². The standard InChI is InChI=1S/C13H24ClNO2/c1-4-12(2,8-9-14)15-11(16)10-13(17-3)6-5-7-13/h4-10H2,1-3H3,(H,15,16). The number of nitrogens with one attached hydrogen (secondary N) is 1. The van der Waals surface area contributed by atoms with Gasteiger partial charge in [0.1, 0.15) is 0 Å². The third-order valence-corrected chi connectivity index (χ3v) is 4.24. The van der Waals surface area contributed by atoms with Gasteiger partial charge in [0.15, 0.2) is 0 Å². The maximum Gasteiger partial charge on any atom is 0.223 e. The molecule has 1 amide bonds. The molecule has 3 nitrogen and oxygen atoms in total. The van der Waals surface area contributed by atoms with Crippen LogP contribution in [0.25, 0.3) is 0 Å². The third-order valence-electron chi connectivity index (χ3n) is 4.05. The topological polar surface area (TPSA) is 38.3 Å². The Morgan fingerprint density at radius 3 is 2.53 bits per heavy atom. The lowest BCUT2D eigenvalue weighted by molar-refractivity contribution is -0.136. The van der Waals surface area contributed by atoms with Crippen molar-refractivity contribution in [2.75, 3.05) is 13.0 Å². The van der Waals surface area contributed by atoms with Crippen molar-refractivity contribution in [2.45, 2.75) is 63.5 Å². The van der Waals surface area contributed by atoms with Crippen LogP contribution in [-0.2, 0) is 9.53 Å². The van der Waals surface area contributed by atoms with E-state index in [1.54, 1.807) is 7.11 Å². The van der Waals surface area contributed by atoms with Gasteiger partial charge in [0.05, 0.1) is 12.0 Å². The van der Waals surface area contributed by atoms with Crippen LogP contribution in [0.2, 0.25) is 0 Å². The Morgan fingerprint density at radius 1 is 1.53 bits per heavy atom. The highest BCUT2D eigenvalue weighted by Crippen LogP contribution is 2.38. The Balaban J connectivity index is 2.47. The van der Waals surface area contributed by atoms with Crippen LogP contribution < -0.4 is 5.32 Å². The molecular weight excluding hydrogens is 238 g/mol. The number of hydrogen-bond acceptors (Lipinski definition) is 2. The van der Waals surface area contributed by atoms with Crippen LogP contribution in [0.15, 0.2) is 0 Å². The summed E-state index contributed by atoms with van der Waals surface area (Å²) in [6.07, 6.45) is 5.32. The van der Waals surface area contributed by atoms with Crippen LogP contribution >= 0.6 is 11.6 Å². The van der Waals surface area contributed by atoms with Crippen molar-refractivity contribution >= 4 is 17.5 Å². The summed E-state index contributed by atoms with van der Waals surface area (Å²) in [4.78, 5) is 12.0. The molecule has 0 heterocycles. The van der Waals surface area contributed by atoms with Crippen LogP contribution in [0.3, 0.4) is 0 Å². The van der Waals surface area contributed by atoms with Crippen LogP contribution in [0, 0.1) is 0 Å². The fourth-order valence-electron chi connectivity index (χ4n) is 2.23. The number of methoxy groups -OCH3 is 1. The Kier molecular flexibility index (Phi) is 5.26. The lowest BCUT2D eigenvalue weighted by Crippen LogP contribution is -2.50. The number of amides is 1. The maximum absolute atomic E-state index is 12.0. The zero-order chi connectivity index (χ0) is 12.9. The average molecular weight is 262 g/mol. The molecule has 0 spiro atoms. The zero-order valence-electron chi connectivity index (χ0n) is 11.1. The van der Waals surface area contributed by atoms with Crippen molar-refractivity contribution in [2.24, 2.45) is 0 Å². The molecule has 1 N–H and O–H groups in total. The quantitative estimate of drug-likeness (QED) is 0.716. The highest BCUT2D eigenvalue weighted by atomic mass is 35.5. The van der Waals surface area contributed by atoms with Crippen molar-refractivity contribution in [3.63, 3.8) is 0 Å². The summed E-state index contributed by atoms with van der Waals surface area (Å²) in [5.41, 5.74) is -0.378. The molecule has 1 rings (SSSR count). The second-order valence-electron chi connectivity index (χ2n) is 5.32. The monoisotopic (exact) mass is 261 g/mol. The van der Waals surface area contributed by atoms with Gasteiger partial charge >= 0.3 is 0 Å². The minimum atomic E-state index is -0.195. The van der Waals surface area contributed by atoms with Gasteiger partial charge in [0.2, 0.25) is 5.91 Å². The van der Waals surface area contributed by atoms with E-state index < -0.39 is 0 Å². The first kappa shape index (κ1) is 14.8. The van der Waals surface area contributed by atoms with E-state index in [0.717, 1.165) is 32.1 Å².